The molecule has 5 nitrogen and oxygen atoms in total. The minimum atomic E-state index is -0.464. The topological polar surface area (TPSA) is 64.9 Å². The van der Waals surface area contributed by atoms with Gasteiger partial charge in [0.15, 0.2) is 17.5 Å². The Morgan fingerprint density at radius 3 is 2.55 bits per heavy atom. The number of hydrogen-bond acceptors (Lipinski definition) is 5. The maximum Gasteiger partial charge on any atom is 0.183 e. The molecule has 2 aromatic rings. The molecule has 1 saturated heterocycles. The van der Waals surface area contributed by atoms with Crippen LogP contribution in [0.2, 0.25) is 0 Å². The summed E-state index contributed by atoms with van der Waals surface area (Å²) in [5.41, 5.74) is 1.70. The monoisotopic (exact) mass is 427 g/mol. The van der Waals surface area contributed by atoms with Crippen LogP contribution in [0, 0.1) is 22.5 Å². The number of nitrogens with one attached hydrogen (secondary N) is 2. The van der Waals surface area contributed by atoms with Crippen molar-refractivity contribution in [2.24, 2.45) is 5.41 Å². The van der Waals surface area contributed by atoms with Crippen LogP contribution in [0.4, 0.5) is 14.6 Å². The molecule has 166 valence electrons. The van der Waals surface area contributed by atoms with Gasteiger partial charge in [0.1, 0.15) is 11.5 Å². The maximum atomic E-state index is 14.5. The average Bonchev–Trinajstić information content (AvgIpc) is 2.78. The Kier molecular flexibility index (Phi) is 7.36. The third-order valence-electron chi connectivity index (χ3n) is 6.25. The first-order chi connectivity index (χ1) is 14.8. The van der Waals surface area contributed by atoms with E-state index < -0.39 is 5.82 Å². The lowest BCUT2D eigenvalue weighted by atomic mass is 9.78. The second-order valence-corrected chi connectivity index (χ2v) is 8.40. The number of allylic oxidation sites excluding steroid dienone is 2. The van der Waals surface area contributed by atoms with Gasteiger partial charge in [0.2, 0.25) is 0 Å². The van der Waals surface area contributed by atoms with Crippen molar-refractivity contribution in [3.05, 3.63) is 65.3 Å². The highest BCUT2D eigenvalue weighted by Crippen LogP contribution is 2.35. The van der Waals surface area contributed by atoms with E-state index in [1.807, 2.05) is 11.8 Å². The Hall–Kier alpha value is -2.83. The maximum absolute atomic E-state index is 14.5. The Morgan fingerprint density at radius 1 is 1.19 bits per heavy atom. The van der Waals surface area contributed by atoms with E-state index in [1.54, 1.807) is 24.3 Å². The summed E-state index contributed by atoms with van der Waals surface area (Å²) in [4.78, 5) is 10.4. The number of piperidine rings is 1. The Bertz CT molecular complexity index is 949. The van der Waals surface area contributed by atoms with Gasteiger partial charge in [-0.2, -0.15) is 0 Å². The molecule has 0 bridgehead atoms. The van der Waals surface area contributed by atoms with Gasteiger partial charge < -0.3 is 10.2 Å². The van der Waals surface area contributed by atoms with Crippen molar-refractivity contribution in [2.45, 2.75) is 53.0 Å². The SMILES string of the molecule is CC/C(=C/C(=N)c1ncc(F)c(N2CCC(C)(CC)CC2)n1)NCc1ccccc1F. The summed E-state index contributed by atoms with van der Waals surface area (Å²) in [6.45, 7) is 8.21. The predicted molar refractivity (Wildman–Crippen MR) is 120 cm³/mol. The van der Waals surface area contributed by atoms with Crippen molar-refractivity contribution in [3.63, 3.8) is 0 Å². The second-order valence-electron chi connectivity index (χ2n) is 8.40. The summed E-state index contributed by atoms with van der Waals surface area (Å²) in [5, 5.41) is 11.6. The van der Waals surface area contributed by atoms with E-state index in [2.05, 4.69) is 29.1 Å². The molecule has 0 saturated carbocycles. The van der Waals surface area contributed by atoms with Crippen LogP contribution < -0.4 is 10.2 Å². The standard InChI is InChI=1S/C24H31F2N5/c1-4-18(28-15-17-8-6-7-9-19(17)25)14-21(27)22-29-16-20(26)23(30-22)31-12-10-24(3,5-2)11-13-31/h6-9,14,16,27-28H,4-5,10-13,15H2,1-3H3/b18-14-,27-21?. The van der Waals surface area contributed by atoms with Gasteiger partial charge in [-0.3, -0.25) is 5.41 Å². The fourth-order valence-corrected chi connectivity index (χ4v) is 3.69. The van der Waals surface area contributed by atoms with E-state index in [-0.39, 0.29) is 28.6 Å². The number of aromatic nitrogens is 2. The molecule has 2 heterocycles. The molecule has 1 aliphatic rings. The second kappa shape index (κ2) is 9.98. The summed E-state index contributed by atoms with van der Waals surface area (Å²) in [7, 11) is 0. The zero-order valence-corrected chi connectivity index (χ0v) is 18.5. The highest BCUT2D eigenvalue weighted by atomic mass is 19.1. The van der Waals surface area contributed by atoms with Gasteiger partial charge in [-0.1, -0.05) is 45.4 Å². The minimum absolute atomic E-state index is 0.0922. The molecule has 1 fully saturated rings. The molecule has 0 unspecified atom stereocenters. The number of hydrogen-bond donors (Lipinski definition) is 2. The van der Waals surface area contributed by atoms with E-state index in [1.165, 1.54) is 6.07 Å². The molecule has 3 rings (SSSR count). The smallest absolute Gasteiger partial charge is 0.183 e. The van der Waals surface area contributed by atoms with Gasteiger partial charge in [0, 0.05) is 30.9 Å². The van der Waals surface area contributed by atoms with Crippen LogP contribution in [0.5, 0.6) is 0 Å². The van der Waals surface area contributed by atoms with Crippen LogP contribution >= 0.6 is 0 Å². The highest BCUT2D eigenvalue weighted by Gasteiger charge is 2.30. The molecule has 1 aliphatic heterocycles. The highest BCUT2D eigenvalue weighted by molar-refractivity contribution is 6.04. The zero-order chi connectivity index (χ0) is 22.4. The molecule has 1 aromatic heterocycles. The average molecular weight is 428 g/mol. The first-order valence-corrected chi connectivity index (χ1v) is 10.9. The van der Waals surface area contributed by atoms with Gasteiger partial charge in [-0.15, -0.1) is 0 Å². The Balaban J connectivity index is 1.72. The number of anilines is 1. The lowest BCUT2D eigenvalue weighted by molar-refractivity contribution is 0.237. The summed E-state index contributed by atoms with van der Waals surface area (Å²) in [6.07, 6.45) is 6.48. The van der Waals surface area contributed by atoms with Gasteiger partial charge in [0.25, 0.3) is 0 Å². The predicted octanol–water partition coefficient (Wildman–Crippen LogP) is 5.22. The number of benzene rings is 1. The van der Waals surface area contributed by atoms with E-state index >= 15 is 0 Å². The van der Waals surface area contributed by atoms with Crippen molar-refractivity contribution in [3.8, 4) is 0 Å². The van der Waals surface area contributed by atoms with Crippen LogP contribution in [0.25, 0.3) is 0 Å². The van der Waals surface area contributed by atoms with E-state index in [9.17, 15) is 8.78 Å². The molecular formula is C24H31F2N5. The molecule has 0 atom stereocenters. The van der Waals surface area contributed by atoms with E-state index in [0.717, 1.165) is 44.2 Å². The first kappa shape index (κ1) is 22.8. The molecule has 2 N–H and O–H groups in total. The van der Waals surface area contributed by atoms with E-state index in [0.29, 0.717) is 18.5 Å². The number of halogens is 2. The van der Waals surface area contributed by atoms with Crippen LogP contribution in [0.1, 0.15) is 57.8 Å². The summed E-state index contributed by atoms with van der Waals surface area (Å²) in [6, 6.07) is 6.58. The molecule has 0 radical (unpaired) electrons. The zero-order valence-electron chi connectivity index (χ0n) is 18.5. The van der Waals surface area contributed by atoms with Crippen LogP contribution in [-0.4, -0.2) is 28.8 Å². The van der Waals surface area contributed by atoms with Crippen molar-refractivity contribution < 1.29 is 8.78 Å². The lowest BCUT2D eigenvalue weighted by Gasteiger charge is -2.39. The van der Waals surface area contributed by atoms with Crippen molar-refractivity contribution in [1.82, 2.24) is 15.3 Å². The summed E-state index contributed by atoms with van der Waals surface area (Å²) in [5.74, 6) is -0.292. The summed E-state index contributed by atoms with van der Waals surface area (Å²) >= 11 is 0. The fraction of sp³-hybridized carbons (Fsp3) is 0.458. The minimum Gasteiger partial charge on any atom is -0.384 e. The molecule has 31 heavy (non-hydrogen) atoms. The van der Waals surface area contributed by atoms with Gasteiger partial charge in [-0.25, -0.2) is 18.7 Å². The normalized spacial score (nSPS) is 16.3. The molecule has 0 amide bonds. The lowest BCUT2D eigenvalue weighted by Crippen LogP contribution is -2.39. The van der Waals surface area contributed by atoms with Crippen molar-refractivity contribution in [1.29, 1.82) is 5.41 Å². The van der Waals surface area contributed by atoms with Crippen LogP contribution in [0.3, 0.4) is 0 Å². The fourth-order valence-electron chi connectivity index (χ4n) is 3.69. The van der Waals surface area contributed by atoms with E-state index in [4.69, 9.17) is 5.41 Å². The van der Waals surface area contributed by atoms with Gasteiger partial charge in [0.05, 0.1) is 6.20 Å². The van der Waals surface area contributed by atoms with Crippen molar-refractivity contribution in [2.75, 3.05) is 18.0 Å². The third-order valence-corrected chi connectivity index (χ3v) is 6.25. The molecule has 1 aromatic carbocycles. The third kappa shape index (κ3) is 5.66. The molecule has 0 aliphatic carbocycles. The van der Waals surface area contributed by atoms with Gasteiger partial charge >= 0.3 is 0 Å². The Labute approximate surface area is 183 Å². The van der Waals surface area contributed by atoms with Crippen molar-refractivity contribution >= 4 is 11.5 Å². The molecule has 7 heteroatoms. The molecule has 0 spiro atoms. The molecular weight excluding hydrogens is 396 g/mol. The number of nitrogens with zero attached hydrogens (tertiary/aromatic N) is 3. The van der Waals surface area contributed by atoms with Crippen LogP contribution in [-0.2, 0) is 6.54 Å². The number of rotatable bonds is 8. The Morgan fingerprint density at radius 2 is 1.90 bits per heavy atom. The summed E-state index contributed by atoms with van der Waals surface area (Å²) < 4.78 is 28.3. The quantitative estimate of drug-likeness (QED) is 0.567. The largest absolute Gasteiger partial charge is 0.384 e. The van der Waals surface area contributed by atoms with Gasteiger partial charge in [-0.05, 0) is 36.8 Å². The van der Waals surface area contributed by atoms with Crippen LogP contribution in [0.15, 0.2) is 42.2 Å². The first-order valence-electron chi connectivity index (χ1n) is 10.9.